The van der Waals surface area contributed by atoms with Crippen molar-refractivity contribution < 1.29 is 27.4 Å². The molecule has 1 aromatic carbocycles. The van der Waals surface area contributed by atoms with Crippen LogP contribution in [0.5, 0.6) is 11.5 Å². The summed E-state index contributed by atoms with van der Waals surface area (Å²) in [5.41, 5.74) is 0.488. The smallest absolute Gasteiger partial charge is 0.493 e. The van der Waals surface area contributed by atoms with Crippen molar-refractivity contribution in [2.75, 3.05) is 13.7 Å². The standard InChI is InChI=1S/C13H13F3N2O3/c1-20-10-4-2-9(3-5-12(19)18-7-6-17)8-11(10)21-13(14,15)16/h2,4,8H,3,5,7H2,1H3,(H,18,19). The second-order valence-electron chi connectivity index (χ2n) is 3.97. The number of nitriles is 1. The van der Waals surface area contributed by atoms with Crippen molar-refractivity contribution >= 4 is 5.91 Å². The Morgan fingerprint density at radius 3 is 2.67 bits per heavy atom. The highest BCUT2D eigenvalue weighted by Crippen LogP contribution is 2.33. The molecule has 0 spiro atoms. The van der Waals surface area contributed by atoms with E-state index in [0.29, 0.717) is 5.56 Å². The lowest BCUT2D eigenvalue weighted by Crippen LogP contribution is -2.23. The molecule has 0 bridgehead atoms. The Morgan fingerprint density at radius 2 is 2.10 bits per heavy atom. The summed E-state index contributed by atoms with van der Waals surface area (Å²) in [6.45, 7) is -0.107. The molecule has 8 heteroatoms. The molecule has 0 aliphatic rings. The second-order valence-corrected chi connectivity index (χ2v) is 3.97. The minimum atomic E-state index is -4.82. The van der Waals surface area contributed by atoms with Crippen LogP contribution in [-0.4, -0.2) is 25.9 Å². The zero-order chi connectivity index (χ0) is 15.9. The molecule has 114 valence electrons. The first-order chi connectivity index (χ1) is 9.85. The van der Waals surface area contributed by atoms with Crippen LogP contribution in [0, 0.1) is 11.3 Å². The van der Waals surface area contributed by atoms with E-state index in [2.05, 4.69) is 10.1 Å². The molecule has 1 aromatic rings. The Kier molecular flexibility index (Phi) is 5.84. The van der Waals surface area contributed by atoms with Crippen molar-refractivity contribution in [2.45, 2.75) is 19.2 Å². The van der Waals surface area contributed by atoms with Crippen LogP contribution in [0.3, 0.4) is 0 Å². The summed E-state index contributed by atoms with van der Waals surface area (Å²) < 4.78 is 45.5. The largest absolute Gasteiger partial charge is 0.573 e. The number of hydrogen-bond acceptors (Lipinski definition) is 4. The zero-order valence-corrected chi connectivity index (χ0v) is 11.2. The molecule has 21 heavy (non-hydrogen) atoms. The maximum atomic E-state index is 12.3. The fourth-order valence-corrected chi connectivity index (χ4v) is 1.57. The second kappa shape index (κ2) is 7.38. The van der Waals surface area contributed by atoms with E-state index in [0.717, 1.165) is 0 Å². The van der Waals surface area contributed by atoms with E-state index in [9.17, 15) is 18.0 Å². The third-order valence-electron chi connectivity index (χ3n) is 2.46. The predicted molar refractivity (Wildman–Crippen MR) is 66.6 cm³/mol. The molecule has 0 aliphatic carbocycles. The minimum Gasteiger partial charge on any atom is -0.493 e. The average Bonchev–Trinajstić information content (AvgIpc) is 2.41. The number of methoxy groups -OCH3 is 1. The molecule has 0 aromatic heterocycles. The molecule has 1 N–H and O–H groups in total. The van der Waals surface area contributed by atoms with E-state index < -0.39 is 12.1 Å². The summed E-state index contributed by atoms with van der Waals surface area (Å²) in [7, 11) is 1.23. The molecule has 0 heterocycles. The van der Waals surface area contributed by atoms with Crippen LogP contribution in [0.1, 0.15) is 12.0 Å². The van der Waals surface area contributed by atoms with Gasteiger partial charge < -0.3 is 14.8 Å². The molecule has 0 saturated heterocycles. The van der Waals surface area contributed by atoms with Crippen LogP contribution in [0.15, 0.2) is 18.2 Å². The summed E-state index contributed by atoms with van der Waals surface area (Å²) in [5.74, 6) is -0.865. The number of ether oxygens (including phenoxy) is 2. The van der Waals surface area contributed by atoms with Crippen LogP contribution in [0.2, 0.25) is 0 Å². The number of benzene rings is 1. The third kappa shape index (κ3) is 6.03. The molecule has 1 rings (SSSR count). The van der Waals surface area contributed by atoms with Gasteiger partial charge in [0.2, 0.25) is 5.91 Å². The monoisotopic (exact) mass is 302 g/mol. The van der Waals surface area contributed by atoms with Crippen LogP contribution < -0.4 is 14.8 Å². The quantitative estimate of drug-likeness (QED) is 0.817. The molecule has 1 amide bonds. The van der Waals surface area contributed by atoms with Gasteiger partial charge in [-0.25, -0.2) is 0 Å². The number of carbonyl (C=O) groups excluding carboxylic acids is 1. The van der Waals surface area contributed by atoms with Gasteiger partial charge in [-0.2, -0.15) is 5.26 Å². The molecule has 0 saturated carbocycles. The minimum absolute atomic E-state index is 0.0509. The Morgan fingerprint density at radius 1 is 1.38 bits per heavy atom. The van der Waals surface area contributed by atoms with E-state index in [4.69, 9.17) is 10.00 Å². The number of nitrogens with one attached hydrogen (secondary N) is 1. The number of amides is 1. The first-order valence-corrected chi connectivity index (χ1v) is 5.92. The molecule has 0 atom stereocenters. The normalized spacial score (nSPS) is 10.6. The first-order valence-electron chi connectivity index (χ1n) is 5.92. The van der Waals surface area contributed by atoms with E-state index >= 15 is 0 Å². The lowest BCUT2D eigenvalue weighted by Gasteiger charge is -2.13. The highest BCUT2D eigenvalue weighted by Gasteiger charge is 2.32. The number of halogens is 3. The molecule has 0 aliphatic heterocycles. The maximum absolute atomic E-state index is 12.3. The molecule has 0 fully saturated rings. The molecule has 0 radical (unpaired) electrons. The van der Waals surface area contributed by atoms with Gasteiger partial charge >= 0.3 is 6.36 Å². The van der Waals surface area contributed by atoms with Crippen LogP contribution in [0.25, 0.3) is 0 Å². The molecular formula is C13H13F3N2O3. The van der Waals surface area contributed by atoms with Crippen molar-refractivity contribution in [3.63, 3.8) is 0 Å². The van der Waals surface area contributed by atoms with Gasteiger partial charge in [0.25, 0.3) is 0 Å². The van der Waals surface area contributed by atoms with Crippen molar-refractivity contribution in [2.24, 2.45) is 0 Å². The first kappa shape index (κ1) is 16.6. The van der Waals surface area contributed by atoms with E-state index in [1.54, 1.807) is 12.1 Å². The Labute approximate surface area is 119 Å². The maximum Gasteiger partial charge on any atom is 0.573 e. The fraction of sp³-hybridized carbons (Fsp3) is 0.385. The summed E-state index contributed by atoms with van der Waals surface area (Å²) in [6, 6.07) is 5.80. The van der Waals surface area contributed by atoms with Gasteiger partial charge in [-0.15, -0.1) is 13.2 Å². The molecule has 5 nitrogen and oxygen atoms in total. The topological polar surface area (TPSA) is 71.3 Å². The van der Waals surface area contributed by atoms with E-state index in [1.807, 2.05) is 0 Å². The average molecular weight is 302 g/mol. The lowest BCUT2D eigenvalue weighted by molar-refractivity contribution is -0.275. The lowest BCUT2D eigenvalue weighted by atomic mass is 10.1. The zero-order valence-electron chi connectivity index (χ0n) is 11.2. The molecular weight excluding hydrogens is 289 g/mol. The fourth-order valence-electron chi connectivity index (χ4n) is 1.57. The number of aryl methyl sites for hydroxylation is 1. The summed E-state index contributed by atoms with van der Waals surface area (Å²) in [4.78, 5) is 11.3. The number of alkyl halides is 3. The van der Waals surface area contributed by atoms with Crippen molar-refractivity contribution in [3.05, 3.63) is 23.8 Å². The summed E-state index contributed by atoms with van der Waals surface area (Å²) >= 11 is 0. The van der Waals surface area contributed by atoms with Gasteiger partial charge in [0.05, 0.1) is 13.2 Å². The highest BCUT2D eigenvalue weighted by atomic mass is 19.4. The van der Waals surface area contributed by atoms with Gasteiger partial charge in [-0.3, -0.25) is 4.79 Å². The van der Waals surface area contributed by atoms with Crippen molar-refractivity contribution in [1.82, 2.24) is 5.32 Å². The number of rotatable bonds is 6. The number of nitrogens with zero attached hydrogens (tertiary/aromatic N) is 1. The number of hydrogen-bond donors (Lipinski definition) is 1. The van der Waals surface area contributed by atoms with Crippen LogP contribution >= 0.6 is 0 Å². The van der Waals surface area contributed by atoms with Crippen LogP contribution in [-0.2, 0) is 11.2 Å². The Bertz CT molecular complexity index is 538. The van der Waals surface area contributed by atoms with Gasteiger partial charge in [0.15, 0.2) is 11.5 Å². The number of carbonyl (C=O) groups is 1. The van der Waals surface area contributed by atoms with Gasteiger partial charge in [-0.1, -0.05) is 6.07 Å². The highest BCUT2D eigenvalue weighted by molar-refractivity contribution is 5.76. The van der Waals surface area contributed by atoms with Gasteiger partial charge in [0, 0.05) is 6.42 Å². The SMILES string of the molecule is COc1ccc(CCC(=O)NCC#N)cc1OC(F)(F)F. The van der Waals surface area contributed by atoms with Crippen LogP contribution in [0.4, 0.5) is 13.2 Å². The van der Waals surface area contributed by atoms with Crippen molar-refractivity contribution in [1.29, 1.82) is 5.26 Å². The predicted octanol–water partition coefficient (Wildman–Crippen LogP) is 2.17. The van der Waals surface area contributed by atoms with Gasteiger partial charge in [-0.05, 0) is 24.1 Å². The molecule has 0 unspecified atom stereocenters. The summed E-state index contributed by atoms with van der Waals surface area (Å²) in [6.07, 6.45) is -4.55. The Hall–Kier alpha value is -2.43. The van der Waals surface area contributed by atoms with Gasteiger partial charge in [0.1, 0.15) is 6.54 Å². The van der Waals surface area contributed by atoms with Crippen molar-refractivity contribution in [3.8, 4) is 17.6 Å². The van der Waals surface area contributed by atoms with E-state index in [1.165, 1.54) is 19.2 Å². The summed E-state index contributed by atoms with van der Waals surface area (Å²) in [5, 5.41) is 10.6. The van der Waals surface area contributed by atoms with E-state index in [-0.39, 0.29) is 31.0 Å². The Balaban J connectivity index is 2.74. The third-order valence-corrected chi connectivity index (χ3v) is 2.46.